The summed E-state index contributed by atoms with van der Waals surface area (Å²) in [6.45, 7) is 3.20. The Bertz CT molecular complexity index is 850. The van der Waals surface area contributed by atoms with E-state index < -0.39 is 28.8 Å². The standard InChI is InChI=1S/C13H8BrF3N4O4/c1-2-11(22)18-9-5-7(3-4-10(9)25-13(15,16)17)20-6-8(14)12(19-20)21(23)24/h2-6H,1H2,(H,18,22). The molecule has 12 heteroatoms. The number of nitrogens with one attached hydrogen (secondary N) is 1. The molecule has 1 aromatic carbocycles. The van der Waals surface area contributed by atoms with Gasteiger partial charge in [0.05, 0.1) is 22.7 Å². The first kappa shape index (κ1) is 18.4. The molecule has 0 unspecified atom stereocenters. The number of hydrogen-bond acceptors (Lipinski definition) is 5. The van der Waals surface area contributed by atoms with E-state index in [4.69, 9.17) is 0 Å². The molecule has 2 aromatic rings. The fourth-order valence-corrected chi connectivity index (χ4v) is 2.17. The quantitative estimate of drug-likeness (QED) is 0.452. The summed E-state index contributed by atoms with van der Waals surface area (Å²) < 4.78 is 42.3. The molecule has 1 aromatic heterocycles. The highest BCUT2D eigenvalue weighted by atomic mass is 79.9. The summed E-state index contributed by atoms with van der Waals surface area (Å²) in [5, 5.41) is 16.7. The van der Waals surface area contributed by atoms with Gasteiger partial charge in [0.2, 0.25) is 5.91 Å². The fraction of sp³-hybridized carbons (Fsp3) is 0.0769. The Morgan fingerprint density at radius 1 is 1.48 bits per heavy atom. The minimum absolute atomic E-state index is 0.0739. The fourth-order valence-electron chi connectivity index (χ4n) is 1.76. The van der Waals surface area contributed by atoms with Crippen molar-refractivity contribution < 1.29 is 27.6 Å². The van der Waals surface area contributed by atoms with Gasteiger partial charge in [-0.05, 0) is 45.1 Å². The highest BCUT2D eigenvalue weighted by Crippen LogP contribution is 2.33. The van der Waals surface area contributed by atoms with E-state index in [1.165, 1.54) is 12.3 Å². The lowest BCUT2D eigenvalue weighted by Crippen LogP contribution is -2.19. The van der Waals surface area contributed by atoms with Gasteiger partial charge < -0.3 is 20.2 Å². The van der Waals surface area contributed by atoms with Crippen molar-refractivity contribution in [2.45, 2.75) is 6.36 Å². The van der Waals surface area contributed by atoms with Gasteiger partial charge in [0.15, 0.2) is 5.75 Å². The normalized spacial score (nSPS) is 11.0. The zero-order valence-corrected chi connectivity index (χ0v) is 13.7. The number of nitrogens with zero attached hydrogens (tertiary/aromatic N) is 3. The number of alkyl halides is 3. The van der Waals surface area contributed by atoms with Crippen LogP contribution in [0.1, 0.15) is 0 Å². The maximum atomic E-state index is 12.5. The van der Waals surface area contributed by atoms with Crippen molar-refractivity contribution in [3.05, 3.63) is 51.6 Å². The first-order valence-corrected chi connectivity index (χ1v) is 7.13. The molecule has 0 spiro atoms. The van der Waals surface area contributed by atoms with Gasteiger partial charge in [0, 0.05) is 0 Å². The molecule has 0 bridgehead atoms. The van der Waals surface area contributed by atoms with Crippen LogP contribution < -0.4 is 10.1 Å². The lowest BCUT2D eigenvalue weighted by Gasteiger charge is -2.14. The van der Waals surface area contributed by atoms with Crippen LogP contribution >= 0.6 is 15.9 Å². The highest BCUT2D eigenvalue weighted by molar-refractivity contribution is 9.10. The van der Waals surface area contributed by atoms with Gasteiger partial charge in [0.1, 0.15) is 4.47 Å². The number of hydrogen-bond donors (Lipinski definition) is 1. The van der Waals surface area contributed by atoms with Crippen molar-refractivity contribution in [1.82, 2.24) is 9.78 Å². The summed E-state index contributed by atoms with van der Waals surface area (Å²) in [5.41, 5.74) is -0.156. The van der Waals surface area contributed by atoms with Gasteiger partial charge in [-0.2, -0.15) is 0 Å². The maximum Gasteiger partial charge on any atom is 0.573 e. The van der Waals surface area contributed by atoms with E-state index in [-0.39, 0.29) is 15.8 Å². The van der Waals surface area contributed by atoms with Crippen LogP contribution in [0.4, 0.5) is 24.7 Å². The second-order valence-electron chi connectivity index (χ2n) is 4.42. The Hall–Kier alpha value is -2.89. The van der Waals surface area contributed by atoms with E-state index in [0.717, 1.165) is 22.9 Å². The molecule has 25 heavy (non-hydrogen) atoms. The number of anilines is 1. The predicted molar refractivity (Wildman–Crippen MR) is 83.4 cm³/mol. The second-order valence-corrected chi connectivity index (χ2v) is 5.28. The van der Waals surface area contributed by atoms with Crippen LogP contribution in [0.5, 0.6) is 5.75 Å². The molecular formula is C13H8BrF3N4O4. The average Bonchev–Trinajstić information content (AvgIpc) is 2.89. The number of halogens is 4. The molecule has 0 saturated carbocycles. The number of ether oxygens (including phenoxy) is 1. The van der Waals surface area contributed by atoms with Gasteiger partial charge in [-0.15, -0.1) is 17.9 Å². The van der Waals surface area contributed by atoms with Gasteiger partial charge in [-0.25, -0.2) is 0 Å². The molecule has 8 nitrogen and oxygen atoms in total. The largest absolute Gasteiger partial charge is 0.573 e. The van der Waals surface area contributed by atoms with E-state index >= 15 is 0 Å². The van der Waals surface area contributed by atoms with E-state index in [1.54, 1.807) is 0 Å². The number of aromatic nitrogens is 2. The summed E-state index contributed by atoms with van der Waals surface area (Å²) >= 11 is 2.96. The lowest BCUT2D eigenvalue weighted by molar-refractivity contribution is -0.390. The molecule has 0 aliphatic heterocycles. The SMILES string of the molecule is C=CC(=O)Nc1cc(-n2cc(Br)c([N+](=O)[O-])n2)ccc1OC(F)(F)F. The molecule has 0 radical (unpaired) electrons. The van der Waals surface area contributed by atoms with Gasteiger partial charge >= 0.3 is 12.2 Å². The third-order valence-electron chi connectivity index (χ3n) is 2.72. The van der Waals surface area contributed by atoms with Crippen LogP contribution in [0.2, 0.25) is 0 Å². The van der Waals surface area contributed by atoms with Crippen LogP contribution in [0, 0.1) is 10.1 Å². The van der Waals surface area contributed by atoms with Gasteiger partial charge in [-0.3, -0.25) is 4.79 Å². The Labute approximate surface area is 146 Å². The molecule has 2 rings (SSSR count). The Morgan fingerprint density at radius 3 is 2.68 bits per heavy atom. The minimum atomic E-state index is -4.97. The van der Waals surface area contributed by atoms with Crippen molar-refractivity contribution in [3.8, 4) is 11.4 Å². The van der Waals surface area contributed by atoms with Gasteiger partial charge in [0.25, 0.3) is 0 Å². The zero-order chi connectivity index (χ0) is 18.8. The topological polar surface area (TPSA) is 99.3 Å². The minimum Gasteiger partial charge on any atom is -0.404 e. The van der Waals surface area contributed by atoms with Crippen molar-refractivity contribution >= 4 is 33.3 Å². The lowest BCUT2D eigenvalue weighted by atomic mass is 10.2. The molecule has 1 N–H and O–H groups in total. The molecule has 1 amide bonds. The number of amides is 1. The van der Waals surface area contributed by atoms with Crippen LogP contribution in [0.3, 0.4) is 0 Å². The molecule has 132 valence electrons. The first-order chi connectivity index (χ1) is 11.6. The van der Waals surface area contributed by atoms with Crippen molar-refractivity contribution in [2.24, 2.45) is 0 Å². The summed E-state index contributed by atoms with van der Waals surface area (Å²) in [7, 11) is 0. The second kappa shape index (κ2) is 6.93. The Morgan fingerprint density at radius 2 is 2.16 bits per heavy atom. The zero-order valence-electron chi connectivity index (χ0n) is 12.1. The van der Waals surface area contributed by atoms with Crippen LogP contribution in [0.25, 0.3) is 5.69 Å². The molecule has 0 aliphatic rings. The third kappa shape index (κ3) is 4.56. The summed E-state index contributed by atoms with van der Waals surface area (Å²) in [4.78, 5) is 21.5. The highest BCUT2D eigenvalue weighted by Gasteiger charge is 2.32. The third-order valence-corrected chi connectivity index (χ3v) is 3.28. The van der Waals surface area contributed by atoms with Crippen molar-refractivity contribution in [3.63, 3.8) is 0 Å². The number of rotatable bonds is 5. The van der Waals surface area contributed by atoms with Crippen LogP contribution in [0.15, 0.2) is 41.5 Å². The summed E-state index contributed by atoms with van der Waals surface area (Å²) in [6, 6.07) is 3.25. The molecular weight excluding hydrogens is 413 g/mol. The number of benzene rings is 1. The van der Waals surface area contributed by atoms with Crippen molar-refractivity contribution in [1.29, 1.82) is 0 Å². The van der Waals surface area contributed by atoms with E-state index in [2.05, 4.69) is 37.7 Å². The van der Waals surface area contributed by atoms with E-state index in [9.17, 15) is 28.1 Å². The van der Waals surface area contributed by atoms with Crippen LogP contribution in [-0.4, -0.2) is 27.0 Å². The number of carbonyl (C=O) groups is 1. The number of nitro groups is 1. The summed E-state index contributed by atoms with van der Waals surface area (Å²) in [5.74, 6) is -1.91. The molecule has 0 saturated heterocycles. The molecule has 0 aliphatic carbocycles. The monoisotopic (exact) mass is 420 g/mol. The molecule has 1 heterocycles. The Kier molecular flexibility index (Phi) is 5.11. The van der Waals surface area contributed by atoms with Crippen LogP contribution in [-0.2, 0) is 4.79 Å². The van der Waals surface area contributed by atoms with E-state index in [0.29, 0.717) is 0 Å². The van der Waals surface area contributed by atoms with Crippen molar-refractivity contribution in [2.75, 3.05) is 5.32 Å². The number of carbonyl (C=O) groups excluding carboxylic acids is 1. The molecule has 0 fully saturated rings. The van der Waals surface area contributed by atoms with Gasteiger partial charge in [-0.1, -0.05) is 6.58 Å². The summed E-state index contributed by atoms with van der Waals surface area (Å²) in [6.07, 6.45) is -2.86. The average molecular weight is 421 g/mol. The van der Waals surface area contributed by atoms with E-state index in [1.807, 2.05) is 0 Å². The maximum absolute atomic E-state index is 12.5. The smallest absolute Gasteiger partial charge is 0.404 e. The Balaban J connectivity index is 2.48. The first-order valence-electron chi connectivity index (χ1n) is 6.34. The molecule has 0 atom stereocenters. The predicted octanol–water partition coefficient (Wildman–Crippen LogP) is 3.57.